The van der Waals surface area contributed by atoms with Crippen LogP contribution in [0.3, 0.4) is 0 Å². The van der Waals surface area contributed by atoms with Crippen molar-refractivity contribution < 1.29 is 17.9 Å². The van der Waals surface area contributed by atoms with Crippen molar-refractivity contribution in [3.63, 3.8) is 0 Å². The summed E-state index contributed by atoms with van der Waals surface area (Å²) in [6.45, 7) is 4.13. The van der Waals surface area contributed by atoms with Crippen molar-refractivity contribution >= 4 is 27.2 Å². The SMILES string of the molecule is COc1ccc2c(c1)c(CCC=O)cn2S(=O)(=O)c1ccc(C(C)C)cc1. The molecule has 0 atom stereocenters. The van der Waals surface area contributed by atoms with Crippen LogP contribution in [0.15, 0.2) is 53.6 Å². The minimum atomic E-state index is -3.74. The number of fused-ring (bicyclic) bond motifs is 1. The van der Waals surface area contributed by atoms with Gasteiger partial charge in [0.1, 0.15) is 12.0 Å². The number of hydrogen-bond acceptors (Lipinski definition) is 4. The van der Waals surface area contributed by atoms with Crippen molar-refractivity contribution in [2.75, 3.05) is 7.11 Å². The van der Waals surface area contributed by atoms with Crippen LogP contribution >= 0.6 is 0 Å². The van der Waals surface area contributed by atoms with E-state index in [-0.39, 0.29) is 4.90 Å². The molecule has 0 amide bonds. The Hall–Kier alpha value is -2.60. The molecule has 3 rings (SSSR count). The summed E-state index contributed by atoms with van der Waals surface area (Å²) in [6, 6.07) is 12.3. The molecule has 0 fully saturated rings. The van der Waals surface area contributed by atoms with Crippen molar-refractivity contribution in [2.24, 2.45) is 0 Å². The molecule has 6 heteroatoms. The first-order valence-corrected chi connectivity index (χ1v) is 10.3. The van der Waals surface area contributed by atoms with Crippen LogP contribution in [-0.2, 0) is 21.2 Å². The first-order valence-electron chi connectivity index (χ1n) is 8.85. The second kappa shape index (κ2) is 7.56. The summed E-state index contributed by atoms with van der Waals surface area (Å²) < 4.78 is 33.0. The molecule has 0 aliphatic rings. The highest BCUT2D eigenvalue weighted by Crippen LogP contribution is 2.30. The Morgan fingerprint density at radius 2 is 1.81 bits per heavy atom. The van der Waals surface area contributed by atoms with E-state index in [9.17, 15) is 13.2 Å². The van der Waals surface area contributed by atoms with Crippen molar-refractivity contribution in [1.82, 2.24) is 3.97 Å². The van der Waals surface area contributed by atoms with E-state index in [4.69, 9.17) is 4.74 Å². The molecule has 3 aromatic rings. The van der Waals surface area contributed by atoms with Gasteiger partial charge in [0.05, 0.1) is 17.5 Å². The van der Waals surface area contributed by atoms with Gasteiger partial charge in [-0.2, -0.15) is 0 Å². The van der Waals surface area contributed by atoms with Gasteiger partial charge in [0.2, 0.25) is 0 Å². The zero-order valence-corrected chi connectivity index (χ0v) is 16.5. The van der Waals surface area contributed by atoms with Crippen molar-refractivity contribution in [3.05, 3.63) is 59.8 Å². The van der Waals surface area contributed by atoms with Crippen molar-refractivity contribution in [1.29, 1.82) is 0 Å². The standard InChI is InChI=1S/C21H23NO4S/c1-15(2)16-6-9-19(10-7-16)27(24,25)22-14-17(5-4-12-23)20-13-18(26-3)8-11-21(20)22/h6-15H,4-5H2,1-3H3. The van der Waals surface area contributed by atoms with Crippen LogP contribution in [0.4, 0.5) is 0 Å². The molecule has 0 saturated heterocycles. The summed E-state index contributed by atoms with van der Waals surface area (Å²) in [4.78, 5) is 11.0. The molecule has 0 aliphatic carbocycles. The van der Waals surface area contributed by atoms with Crippen LogP contribution in [0.2, 0.25) is 0 Å². The van der Waals surface area contributed by atoms with Gasteiger partial charge in [0.15, 0.2) is 0 Å². The van der Waals surface area contributed by atoms with E-state index in [2.05, 4.69) is 13.8 Å². The van der Waals surface area contributed by atoms with Crippen molar-refractivity contribution in [3.8, 4) is 5.75 Å². The molecular formula is C21H23NO4S. The second-order valence-corrected chi connectivity index (χ2v) is 8.58. The van der Waals surface area contributed by atoms with Gasteiger partial charge < -0.3 is 9.53 Å². The fraction of sp³-hybridized carbons (Fsp3) is 0.286. The highest BCUT2D eigenvalue weighted by Gasteiger charge is 2.21. The van der Waals surface area contributed by atoms with E-state index in [1.54, 1.807) is 37.6 Å². The van der Waals surface area contributed by atoms with Crippen LogP contribution in [0.5, 0.6) is 5.75 Å². The number of carbonyl (C=O) groups excluding carboxylic acids is 1. The van der Waals surface area contributed by atoms with Crippen LogP contribution in [0, 0.1) is 0 Å². The fourth-order valence-electron chi connectivity index (χ4n) is 3.12. The number of nitrogens with zero attached hydrogens (tertiary/aromatic N) is 1. The van der Waals surface area contributed by atoms with Gasteiger partial charge in [0.25, 0.3) is 10.0 Å². The van der Waals surface area contributed by atoms with Gasteiger partial charge in [-0.05, 0) is 53.8 Å². The number of carbonyl (C=O) groups is 1. The number of rotatable bonds is 7. The highest BCUT2D eigenvalue weighted by atomic mass is 32.2. The summed E-state index contributed by atoms with van der Waals surface area (Å²) in [5.41, 5.74) is 2.46. The number of aldehydes is 1. The van der Waals surface area contributed by atoms with Gasteiger partial charge in [-0.1, -0.05) is 26.0 Å². The van der Waals surface area contributed by atoms with Crippen molar-refractivity contribution in [2.45, 2.75) is 37.5 Å². The summed E-state index contributed by atoms with van der Waals surface area (Å²) >= 11 is 0. The third-order valence-electron chi connectivity index (χ3n) is 4.70. The van der Waals surface area contributed by atoms with Gasteiger partial charge in [-0.25, -0.2) is 12.4 Å². The van der Waals surface area contributed by atoms with Crippen LogP contribution in [0.25, 0.3) is 10.9 Å². The molecule has 0 radical (unpaired) electrons. The Labute approximate surface area is 159 Å². The zero-order chi connectivity index (χ0) is 19.6. The molecule has 0 spiro atoms. The fourth-order valence-corrected chi connectivity index (χ4v) is 4.51. The Balaban J connectivity index is 2.15. The van der Waals surface area contributed by atoms with E-state index in [0.717, 1.165) is 22.8 Å². The minimum absolute atomic E-state index is 0.238. The number of aryl methyl sites for hydroxylation is 1. The lowest BCUT2D eigenvalue weighted by Crippen LogP contribution is -2.12. The number of methoxy groups -OCH3 is 1. The molecule has 2 aromatic carbocycles. The van der Waals surface area contributed by atoms with E-state index in [0.29, 0.717) is 30.0 Å². The largest absolute Gasteiger partial charge is 0.497 e. The van der Waals surface area contributed by atoms with Crippen LogP contribution in [-0.4, -0.2) is 25.8 Å². The predicted molar refractivity (Wildman–Crippen MR) is 106 cm³/mol. The van der Waals surface area contributed by atoms with Crippen LogP contribution < -0.4 is 4.74 Å². The summed E-state index contributed by atoms with van der Waals surface area (Å²) in [7, 11) is -2.18. The van der Waals surface area contributed by atoms with Gasteiger partial charge in [-0.15, -0.1) is 0 Å². The minimum Gasteiger partial charge on any atom is -0.497 e. The molecule has 1 heterocycles. The van der Waals surface area contributed by atoms with E-state index in [1.807, 2.05) is 18.2 Å². The first-order chi connectivity index (χ1) is 12.9. The molecule has 0 N–H and O–H groups in total. The zero-order valence-electron chi connectivity index (χ0n) is 15.7. The molecular weight excluding hydrogens is 362 g/mol. The number of aromatic nitrogens is 1. The average molecular weight is 385 g/mol. The van der Waals surface area contributed by atoms with Gasteiger partial charge in [-0.3, -0.25) is 0 Å². The van der Waals surface area contributed by atoms with E-state index >= 15 is 0 Å². The molecule has 142 valence electrons. The van der Waals surface area contributed by atoms with E-state index < -0.39 is 10.0 Å². The van der Waals surface area contributed by atoms with Crippen LogP contribution in [0.1, 0.15) is 37.3 Å². The number of benzene rings is 2. The molecule has 1 aromatic heterocycles. The average Bonchev–Trinajstić information content (AvgIpc) is 3.04. The molecule has 0 aliphatic heterocycles. The van der Waals surface area contributed by atoms with Gasteiger partial charge in [0, 0.05) is 18.0 Å². The molecule has 0 saturated carbocycles. The monoisotopic (exact) mass is 385 g/mol. The summed E-state index contributed by atoms with van der Waals surface area (Å²) in [5.74, 6) is 0.975. The predicted octanol–water partition coefficient (Wildman–Crippen LogP) is 4.14. The lowest BCUT2D eigenvalue weighted by atomic mass is 10.0. The normalized spacial score (nSPS) is 11.9. The Kier molecular flexibility index (Phi) is 5.37. The quantitative estimate of drug-likeness (QED) is 0.573. The maximum absolute atomic E-state index is 13.2. The Morgan fingerprint density at radius 3 is 2.41 bits per heavy atom. The molecule has 5 nitrogen and oxygen atoms in total. The smallest absolute Gasteiger partial charge is 0.268 e. The highest BCUT2D eigenvalue weighted by molar-refractivity contribution is 7.90. The third-order valence-corrected chi connectivity index (χ3v) is 6.38. The Morgan fingerprint density at radius 1 is 1.11 bits per heavy atom. The topological polar surface area (TPSA) is 65.4 Å². The maximum Gasteiger partial charge on any atom is 0.268 e. The second-order valence-electron chi connectivity index (χ2n) is 6.77. The molecule has 0 unspecified atom stereocenters. The van der Waals surface area contributed by atoms with E-state index in [1.165, 1.54) is 3.97 Å². The lowest BCUT2D eigenvalue weighted by molar-refractivity contribution is -0.107. The Bertz CT molecular complexity index is 1060. The number of ether oxygens (including phenoxy) is 1. The summed E-state index contributed by atoms with van der Waals surface area (Å²) in [6.07, 6.45) is 3.25. The maximum atomic E-state index is 13.2. The number of hydrogen-bond donors (Lipinski definition) is 0. The molecule has 0 bridgehead atoms. The summed E-state index contributed by atoms with van der Waals surface area (Å²) in [5, 5.41) is 0.776. The first kappa shape index (κ1) is 19.2. The third kappa shape index (κ3) is 3.62. The molecule has 27 heavy (non-hydrogen) atoms. The lowest BCUT2D eigenvalue weighted by Gasteiger charge is -2.10. The van der Waals surface area contributed by atoms with Gasteiger partial charge >= 0.3 is 0 Å².